The van der Waals surface area contributed by atoms with Gasteiger partial charge in [-0.05, 0) is 49.1 Å². The Morgan fingerprint density at radius 2 is 1.59 bits per heavy atom. The van der Waals surface area contributed by atoms with Gasteiger partial charge in [0.1, 0.15) is 6.04 Å². The van der Waals surface area contributed by atoms with E-state index in [2.05, 4.69) is 5.43 Å². The Hall–Kier alpha value is -2.15. The van der Waals surface area contributed by atoms with Crippen LogP contribution >= 0.6 is 11.6 Å². The average molecular weight is 565 g/mol. The first kappa shape index (κ1) is 26.5. The Balaban J connectivity index is 1.37. The number of sulfonamides is 1. The molecule has 202 valence electrons. The molecule has 0 spiro atoms. The summed E-state index contributed by atoms with van der Waals surface area (Å²) in [6, 6.07) is 9.82. The molecule has 2 aromatic carbocycles. The van der Waals surface area contributed by atoms with Gasteiger partial charge in [0.05, 0.1) is 22.0 Å². The molecule has 5 rings (SSSR count). The molecule has 2 heterocycles. The number of hydrazine groups is 1. The van der Waals surface area contributed by atoms with Crippen molar-refractivity contribution in [3.05, 3.63) is 59.1 Å². The van der Waals surface area contributed by atoms with E-state index in [1.54, 1.807) is 24.3 Å². The van der Waals surface area contributed by atoms with Crippen molar-refractivity contribution in [2.75, 3.05) is 36.1 Å². The van der Waals surface area contributed by atoms with E-state index in [9.17, 15) is 30.4 Å². The highest BCUT2D eigenvalue weighted by molar-refractivity contribution is 7.90. The third-order valence-electron chi connectivity index (χ3n) is 7.16. The van der Waals surface area contributed by atoms with Gasteiger partial charge in [0.15, 0.2) is 0 Å². The number of benzene rings is 2. The van der Waals surface area contributed by atoms with Crippen molar-refractivity contribution in [1.82, 2.24) is 9.73 Å². The second kappa shape index (κ2) is 9.55. The van der Waals surface area contributed by atoms with Crippen LogP contribution in [0.2, 0.25) is 5.02 Å². The molecule has 0 amide bonds. The topological polar surface area (TPSA) is 55.9 Å². The van der Waals surface area contributed by atoms with Crippen molar-refractivity contribution in [3.63, 3.8) is 0 Å². The zero-order valence-electron chi connectivity index (χ0n) is 19.6. The Labute approximate surface area is 217 Å². The largest absolute Gasteiger partial charge is 0.455 e. The smallest absolute Gasteiger partial charge is 0.369 e. The third kappa shape index (κ3) is 5.00. The predicted molar refractivity (Wildman–Crippen MR) is 131 cm³/mol. The first-order chi connectivity index (χ1) is 17.4. The highest BCUT2D eigenvalue weighted by Crippen LogP contribution is 2.47. The fourth-order valence-electron chi connectivity index (χ4n) is 4.95. The summed E-state index contributed by atoms with van der Waals surface area (Å²) in [4.78, 5) is 1.99. The highest BCUT2D eigenvalue weighted by atomic mass is 35.5. The maximum absolute atomic E-state index is 14.6. The van der Waals surface area contributed by atoms with Crippen LogP contribution in [0.1, 0.15) is 30.9 Å². The number of piperazine rings is 1. The van der Waals surface area contributed by atoms with E-state index in [4.69, 9.17) is 11.6 Å². The summed E-state index contributed by atoms with van der Waals surface area (Å²) in [5.41, 5.74) is 4.16. The standard InChI is InChI=1S/C24H26ClF5N4O2S/c25-19-6-1-2-7-21(19)34-22(23(26,27)24(28,29)30)15-20(31-34)16-4-3-5-17(14-16)32-10-12-33(13-11-32)37(35,36)18-8-9-18/h1-7,14,18,20,22,31H,8-13,15H2. The minimum Gasteiger partial charge on any atom is -0.369 e. The molecule has 37 heavy (non-hydrogen) atoms. The molecular weight excluding hydrogens is 539 g/mol. The molecule has 2 aliphatic heterocycles. The van der Waals surface area contributed by atoms with Gasteiger partial charge in [-0.3, -0.25) is 5.01 Å². The number of hydrogen-bond acceptors (Lipinski definition) is 5. The number of halogens is 6. The molecule has 1 N–H and O–H groups in total. The van der Waals surface area contributed by atoms with Crippen LogP contribution in [0.15, 0.2) is 48.5 Å². The lowest BCUT2D eigenvalue weighted by Crippen LogP contribution is -2.55. The summed E-state index contributed by atoms with van der Waals surface area (Å²) in [5.74, 6) is -4.99. The van der Waals surface area contributed by atoms with Gasteiger partial charge in [0, 0.05) is 31.9 Å². The van der Waals surface area contributed by atoms with Crippen LogP contribution in [0.3, 0.4) is 0 Å². The lowest BCUT2D eigenvalue weighted by molar-refractivity contribution is -0.289. The van der Waals surface area contributed by atoms with E-state index in [1.165, 1.54) is 22.5 Å². The number of para-hydroxylation sites is 1. The van der Waals surface area contributed by atoms with Crippen LogP contribution in [-0.4, -0.2) is 62.3 Å². The molecule has 2 unspecified atom stereocenters. The highest BCUT2D eigenvalue weighted by Gasteiger charge is 2.66. The van der Waals surface area contributed by atoms with Gasteiger partial charge in [-0.25, -0.2) is 13.8 Å². The van der Waals surface area contributed by atoms with E-state index in [1.807, 2.05) is 11.0 Å². The summed E-state index contributed by atoms with van der Waals surface area (Å²) >= 11 is 6.16. The van der Waals surface area contributed by atoms with Crippen molar-refractivity contribution in [3.8, 4) is 0 Å². The SMILES string of the molecule is O=S(=O)(C1CC1)N1CCN(c2cccc(C3CC(C(F)(F)C(F)(F)F)N(c4ccccc4Cl)N3)c2)CC1. The van der Waals surface area contributed by atoms with E-state index in [-0.39, 0.29) is 16.0 Å². The molecule has 2 aromatic rings. The van der Waals surface area contributed by atoms with Crippen molar-refractivity contribution < 1.29 is 30.4 Å². The monoisotopic (exact) mass is 564 g/mol. The molecule has 2 atom stereocenters. The molecule has 0 aromatic heterocycles. The second-order valence-corrected chi connectivity index (χ2v) is 12.2. The van der Waals surface area contributed by atoms with Crippen LogP contribution in [0, 0.1) is 0 Å². The minimum atomic E-state index is -5.74. The van der Waals surface area contributed by atoms with Gasteiger partial charge >= 0.3 is 12.1 Å². The van der Waals surface area contributed by atoms with Gasteiger partial charge in [-0.1, -0.05) is 35.9 Å². The van der Waals surface area contributed by atoms with Crippen LogP contribution in [-0.2, 0) is 10.0 Å². The number of nitrogens with one attached hydrogen (secondary N) is 1. The molecule has 1 saturated carbocycles. The average Bonchev–Trinajstić information content (AvgIpc) is 3.63. The second-order valence-electron chi connectivity index (χ2n) is 9.60. The normalized spacial score (nSPS) is 24.1. The van der Waals surface area contributed by atoms with Crippen molar-refractivity contribution >= 4 is 33.0 Å². The van der Waals surface area contributed by atoms with E-state index >= 15 is 0 Å². The van der Waals surface area contributed by atoms with E-state index < -0.39 is 40.6 Å². The van der Waals surface area contributed by atoms with Gasteiger partial charge in [-0.15, -0.1) is 0 Å². The number of anilines is 2. The van der Waals surface area contributed by atoms with Gasteiger partial charge in [0.2, 0.25) is 10.0 Å². The number of alkyl halides is 5. The van der Waals surface area contributed by atoms with Gasteiger partial charge < -0.3 is 4.90 Å². The van der Waals surface area contributed by atoms with E-state index in [0.29, 0.717) is 44.6 Å². The quantitative estimate of drug-likeness (QED) is 0.502. The first-order valence-corrected chi connectivity index (χ1v) is 13.9. The van der Waals surface area contributed by atoms with Gasteiger partial charge in [0.25, 0.3) is 0 Å². The molecule has 3 aliphatic rings. The lowest BCUT2D eigenvalue weighted by Gasteiger charge is -2.35. The first-order valence-electron chi connectivity index (χ1n) is 12.0. The van der Waals surface area contributed by atoms with Crippen LogP contribution in [0.25, 0.3) is 0 Å². The summed E-state index contributed by atoms with van der Waals surface area (Å²) in [5, 5.41) is 0.598. The molecule has 2 saturated heterocycles. The lowest BCUT2D eigenvalue weighted by atomic mass is 9.97. The predicted octanol–water partition coefficient (Wildman–Crippen LogP) is 4.98. The molecule has 6 nitrogen and oxygen atoms in total. The van der Waals surface area contributed by atoms with Crippen molar-refractivity contribution in [1.29, 1.82) is 0 Å². The molecule has 0 radical (unpaired) electrons. The van der Waals surface area contributed by atoms with Crippen LogP contribution in [0.5, 0.6) is 0 Å². The molecule has 3 fully saturated rings. The summed E-state index contributed by atoms with van der Waals surface area (Å²) in [7, 11) is -3.27. The minimum absolute atomic E-state index is 0.0322. The van der Waals surface area contributed by atoms with Gasteiger partial charge in [-0.2, -0.15) is 26.3 Å². The zero-order valence-corrected chi connectivity index (χ0v) is 21.2. The van der Waals surface area contributed by atoms with Crippen molar-refractivity contribution in [2.24, 2.45) is 0 Å². The molecular formula is C24H26ClF5N4O2S. The molecule has 1 aliphatic carbocycles. The Kier molecular flexibility index (Phi) is 6.83. The summed E-state index contributed by atoms with van der Waals surface area (Å²) < 4.78 is 96.0. The van der Waals surface area contributed by atoms with Crippen LogP contribution in [0.4, 0.5) is 33.3 Å². The Morgan fingerprint density at radius 3 is 2.22 bits per heavy atom. The van der Waals surface area contributed by atoms with E-state index in [0.717, 1.165) is 10.7 Å². The summed E-state index contributed by atoms with van der Waals surface area (Å²) in [6.45, 7) is 1.58. The number of nitrogens with zero attached hydrogens (tertiary/aromatic N) is 3. The summed E-state index contributed by atoms with van der Waals surface area (Å²) in [6.07, 6.45) is -4.86. The maximum atomic E-state index is 14.6. The fourth-order valence-corrected chi connectivity index (χ4v) is 7.00. The molecule has 0 bridgehead atoms. The fraction of sp³-hybridized carbons (Fsp3) is 0.500. The van der Waals surface area contributed by atoms with Crippen molar-refractivity contribution in [2.45, 2.75) is 48.7 Å². The Bertz CT molecular complexity index is 1250. The third-order valence-corrected chi connectivity index (χ3v) is 9.87. The maximum Gasteiger partial charge on any atom is 0.455 e. The zero-order chi connectivity index (χ0) is 26.6. The molecule has 13 heteroatoms. The van der Waals surface area contributed by atoms with Crippen LogP contribution < -0.4 is 15.3 Å². The Morgan fingerprint density at radius 1 is 0.919 bits per heavy atom. The number of hydrogen-bond donors (Lipinski definition) is 1. The number of rotatable bonds is 6.